The van der Waals surface area contributed by atoms with Crippen molar-refractivity contribution in [1.82, 2.24) is 5.32 Å². The highest BCUT2D eigenvalue weighted by molar-refractivity contribution is 4.89. The number of terminal acetylenes is 1. The van der Waals surface area contributed by atoms with Crippen molar-refractivity contribution in [1.29, 1.82) is 0 Å². The predicted octanol–water partition coefficient (Wildman–Crippen LogP) is 2.18. The summed E-state index contributed by atoms with van der Waals surface area (Å²) in [5.74, 6) is 2.68. The molecule has 1 N–H and O–H groups in total. The zero-order valence-electron chi connectivity index (χ0n) is 7.69. The third-order valence-corrected chi connectivity index (χ3v) is 1.82. The molecule has 1 atom stereocenters. The molecule has 0 saturated carbocycles. The summed E-state index contributed by atoms with van der Waals surface area (Å²) < 4.78 is 0. The molecule has 1 nitrogen and oxygen atoms in total. The van der Waals surface area contributed by atoms with Crippen LogP contribution in [0.15, 0.2) is 0 Å². The Morgan fingerprint density at radius 1 is 1.45 bits per heavy atom. The maximum absolute atomic E-state index is 5.22. The molecule has 0 spiro atoms. The molecule has 0 rings (SSSR count). The van der Waals surface area contributed by atoms with Crippen LogP contribution in [0, 0.1) is 12.3 Å². The van der Waals surface area contributed by atoms with E-state index in [1.807, 2.05) is 0 Å². The average Bonchev–Trinajstić information content (AvgIpc) is 2.03. The van der Waals surface area contributed by atoms with Gasteiger partial charge in [-0.3, -0.25) is 0 Å². The SMILES string of the molecule is C#CCC(CC)NCCCC. The zero-order chi connectivity index (χ0) is 8.53. The molecule has 0 amide bonds. The smallest absolute Gasteiger partial charge is 0.0240 e. The van der Waals surface area contributed by atoms with Gasteiger partial charge in [-0.05, 0) is 19.4 Å². The van der Waals surface area contributed by atoms with Crippen LogP contribution in [0.5, 0.6) is 0 Å². The first kappa shape index (κ1) is 10.5. The lowest BCUT2D eigenvalue weighted by molar-refractivity contribution is 0.497. The second-order valence-corrected chi connectivity index (χ2v) is 2.82. The quantitative estimate of drug-likeness (QED) is 0.455. The van der Waals surface area contributed by atoms with Gasteiger partial charge in [-0.2, -0.15) is 0 Å². The second kappa shape index (κ2) is 7.63. The lowest BCUT2D eigenvalue weighted by Gasteiger charge is -2.12. The number of rotatable bonds is 6. The summed E-state index contributed by atoms with van der Waals surface area (Å²) in [7, 11) is 0. The van der Waals surface area contributed by atoms with Crippen molar-refractivity contribution >= 4 is 0 Å². The summed E-state index contributed by atoms with van der Waals surface area (Å²) in [4.78, 5) is 0. The summed E-state index contributed by atoms with van der Waals surface area (Å²) in [6.07, 6.45) is 9.71. The molecule has 1 unspecified atom stereocenters. The van der Waals surface area contributed by atoms with E-state index in [1.54, 1.807) is 0 Å². The van der Waals surface area contributed by atoms with E-state index in [0.717, 1.165) is 19.4 Å². The zero-order valence-corrected chi connectivity index (χ0v) is 7.69. The minimum absolute atomic E-state index is 0.534. The molecule has 0 aromatic rings. The molecule has 0 aliphatic rings. The monoisotopic (exact) mass is 153 g/mol. The molecule has 0 radical (unpaired) electrons. The summed E-state index contributed by atoms with van der Waals surface area (Å²) in [6.45, 7) is 5.47. The second-order valence-electron chi connectivity index (χ2n) is 2.82. The van der Waals surface area contributed by atoms with E-state index in [9.17, 15) is 0 Å². The standard InChI is InChI=1S/C10H19N/c1-4-7-9-11-10(6-3)8-5-2/h2,10-11H,4,6-9H2,1,3H3. The fourth-order valence-electron chi connectivity index (χ4n) is 0.986. The van der Waals surface area contributed by atoms with Crippen LogP contribution >= 0.6 is 0 Å². The third-order valence-electron chi connectivity index (χ3n) is 1.82. The molecule has 0 aliphatic carbocycles. The van der Waals surface area contributed by atoms with Crippen LogP contribution in [0.3, 0.4) is 0 Å². The molecular formula is C10H19N. The van der Waals surface area contributed by atoms with E-state index in [2.05, 4.69) is 25.1 Å². The minimum atomic E-state index is 0.534. The molecule has 0 fully saturated rings. The van der Waals surface area contributed by atoms with Gasteiger partial charge < -0.3 is 5.32 Å². The maximum atomic E-state index is 5.22. The van der Waals surface area contributed by atoms with E-state index in [4.69, 9.17) is 6.42 Å². The van der Waals surface area contributed by atoms with E-state index in [-0.39, 0.29) is 0 Å². The molecule has 11 heavy (non-hydrogen) atoms. The third kappa shape index (κ3) is 5.94. The Morgan fingerprint density at radius 3 is 2.64 bits per heavy atom. The van der Waals surface area contributed by atoms with Gasteiger partial charge in [0.05, 0.1) is 0 Å². The van der Waals surface area contributed by atoms with E-state index in [1.165, 1.54) is 12.8 Å². The highest BCUT2D eigenvalue weighted by atomic mass is 14.9. The Bertz CT molecular complexity index is 113. The number of unbranched alkanes of at least 4 members (excludes halogenated alkanes) is 1. The Morgan fingerprint density at radius 2 is 2.18 bits per heavy atom. The van der Waals surface area contributed by atoms with Crippen LogP contribution in [-0.2, 0) is 0 Å². The van der Waals surface area contributed by atoms with Crippen molar-refractivity contribution in [3.63, 3.8) is 0 Å². The molecule has 64 valence electrons. The van der Waals surface area contributed by atoms with Crippen LogP contribution in [0.25, 0.3) is 0 Å². The maximum Gasteiger partial charge on any atom is 0.0240 e. The van der Waals surface area contributed by atoms with Crippen molar-refractivity contribution in [2.24, 2.45) is 0 Å². The highest BCUT2D eigenvalue weighted by Gasteiger charge is 2.00. The average molecular weight is 153 g/mol. The van der Waals surface area contributed by atoms with Gasteiger partial charge in [-0.15, -0.1) is 12.3 Å². The van der Waals surface area contributed by atoms with Crippen molar-refractivity contribution in [3.05, 3.63) is 0 Å². The Labute approximate surface area is 70.6 Å². The fraction of sp³-hybridized carbons (Fsp3) is 0.800. The van der Waals surface area contributed by atoms with Gasteiger partial charge in [-0.1, -0.05) is 20.3 Å². The lowest BCUT2D eigenvalue weighted by atomic mass is 10.1. The van der Waals surface area contributed by atoms with Gasteiger partial charge in [0.25, 0.3) is 0 Å². The number of nitrogens with one attached hydrogen (secondary N) is 1. The van der Waals surface area contributed by atoms with Gasteiger partial charge in [0, 0.05) is 12.5 Å². The van der Waals surface area contributed by atoms with E-state index < -0.39 is 0 Å². The molecule has 0 bridgehead atoms. The van der Waals surface area contributed by atoms with Crippen molar-refractivity contribution in [2.75, 3.05) is 6.54 Å². The van der Waals surface area contributed by atoms with Gasteiger partial charge in [0.2, 0.25) is 0 Å². The van der Waals surface area contributed by atoms with Gasteiger partial charge in [0.1, 0.15) is 0 Å². The molecule has 0 saturated heterocycles. The summed E-state index contributed by atoms with van der Waals surface area (Å²) >= 11 is 0. The van der Waals surface area contributed by atoms with Crippen LogP contribution in [-0.4, -0.2) is 12.6 Å². The Kier molecular flexibility index (Phi) is 7.29. The number of hydrogen-bond donors (Lipinski definition) is 1. The first-order valence-corrected chi connectivity index (χ1v) is 4.52. The van der Waals surface area contributed by atoms with Crippen LogP contribution in [0.4, 0.5) is 0 Å². The lowest BCUT2D eigenvalue weighted by Crippen LogP contribution is -2.28. The Hall–Kier alpha value is -0.480. The van der Waals surface area contributed by atoms with Crippen LogP contribution in [0.1, 0.15) is 39.5 Å². The van der Waals surface area contributed by atoms with Crippen molar-refractivity contribution < 1.29 is 0 Å². The summed E-state index contributed by atoms with van der Waals surface area (Å²) in [5, 5.41) is 3.43. The molecule has 0 aliphatic heterocycles. The van der Waals surface area contributed by atoms with Gasteiger partial charge >= 0.3 is 0 Å². The molecule has 0 heterocycles. The first-order valence-electron chi connectivity index (χ1n) is 4.52. The van der Waals surface area contributed by atoms with Crippen molar-refractivity contribution in [3.8, 4) is 12.3 Å². The normalized spacial score (nSPS) is 12.5. The van der Waals surface area contributed by atoms with E-state index in [0.29, 0.717) is 6.04 Å². The summed E-state index contributed by atoms with van der Waals surface area (Å²) in [5.41, 5.74) is 0. The van der Waals surface area contributed by atoms with Crippen LogP contribution in [0.2, 0.25) is 0 Å². The van der Waals surface area contributed by atoms with Gasteiger partial charge in [-0.25, -0.2) is 0 Å². The van der Waals surface area contributed by atoms with E-state index >= 15 is 0 Å². The van der Waals surface area contributed by atoms with Crippen LogP contribution < -0.4 is 5.32 Å². The minimum Gasteiger partial charge on any atom is -0.313 e. The summed E-state index contributed by atoms with van der Waals surface area (Å²) in [6, 6.07) is 0.534. The molecule has 0 aromatic heterocycles. The Balaban J connectivity index is 3.30. The molecular weight excluding hydrogens is 134 g/mol. The highest BCUT2D eigenvalue weighted by Crippen LogP contribution is 1.96. The first-order chi connectivity index (χ1) is 5.35. The fourth-order valence-corrected chi connectivity index (χ4v) is 0.986. The van der Waals surface area contributed by atoms with Gasteiger partial charge in [0.15, 0.2) is 0 Å². The molecule has 1 heteroatoms. The largest absolute Gasteiger partial charge is 0.313 e. The molecule has 0 aromatic carbocycles. The topological polar surface area (TPSA) is 12.0 Å². The van der Waals surface area contributed by atoms with Crippen molar-refractivity contribution in [2.45, 2.75) is 45.6 Å². The predicted molar refractivity (Wildman–Crippen MR) is 50.4 cm³/mol. The number of hydrogen-bond acceptors (Lipinski definition) is 1.